The van der Waals surface area contributed by atoms with Crippen LogP contribution in [-0.4, -0.2) is 24.4 Å². The van der Waals surface area contributed by atoms with E-state index in [-0.39, 0.29) is 28.9 Å². The minimum atomic E-state index is -0.711. The summed E-state index contributed by atoms with van der Waals surface area (Å²) >= 11 is 0. The largest absolute Gasteiger partial charge is 0.398 e. The molecule has 0 radical (unpaired) electrons. The average molecular weight is 266 g/mol. The zero-order valence-corrected chi connectivity index (χ0v) is 10.2. The fourth-order valence-electron chi connectivity index (χ4n) is 1.99. The van der Waals surface area contributed by atoms with E-state index in [1.165, 1.54) is 6.07 Å². The number of nitrogen functional groups attached to an aromatic ring is 1. The van der Waals surface area contributed by atoms with Gasteiger partial charge >= 0.3 is 0 Å². The molecule has 0 bridgehead atoms. The van der Waals surface area contributed by atoms with Gasteiger partial charge in [0.1, 0.15) is 5.82 Å². The Labute approximate surface area is 109 Å². The number of anilines is 2. The zero-order chi connectivity index (χ0) is 14.0. The van der Waals surface area contributed by atoms with Gasteiger partial charge in [-0.05, 0) is 18.6 Å². The van der Waals surface area contributed by atoms with Gasteiger partial charge in [-0.3, -0.25) is 9.59 Å². The standard InChI is InChI=1S/C12H15FN4O2/c13-8-4-9(14)7(12(15)19)3-10(8)17-6-1-2-11(18)16-5-6/h3-4,6,17H,1-2,5,14H2,(H2,15,19)(H,16,18). The predicted octanol–water partition coefficient (Wildman–Crippen LogP) is 0.197. The van der Waals surface area contributed by atoms with E-state index < -0.39 is 11.7 Å². The van der Waals surface area contributed by atoms with Crippen molar-refractivity contribution in [2.75, 3.05) is 17.6 Å². The number of benzene rings is 1. The van der Waals surface area contributed by atoms with Gasteiger partial charge in [0, 0.05) is 24.7 Å². The summed E-state index contributed by atoms with van der Waals surface area (Å²) in [4.78, 5) is 22.2. The molecule has 0 spiro atoms. The number of carbonyl (C=O) groups excluding carboxylic acids is 2. The molecule has 1 heterocycles. The van der Waals surface area contributed by atoms with Crippen molar-refractivity contribution in [2.24, 2.45) is 5.73 Å². The number of nitrogens with two attached hydrogens (primary N) is 2. The maximum atomic E-state index is 13.7. The quantitative estimate of drug-likeness (QED) is 0.585. The summed E-state index contributed by atoms with van der Waals surface area (Å²) in [6, 6.07) is 2.27. The Balaban J connectivity index is 2.18. The summed E-state index contributed by atoms with van der Waals surface area (Å²) in [5, 5.41) is 5.62. The first-order chi connectivity index (χ1) is 8.97. The van der Waals surface area contributed by atoms with Gasteiger partial charge in [0.05, 0.1) is 11.3 Å². The molecule has 6 nitrogen and oxygen atoms in total. The number of carbonyl (C=O) groups is 2. The lowest BCUT2D eigenvalue weighted by Gasteiger charge is -2.25. The number of piperidine rings is 1. The van der Waals surface area contributed by atoms with Crippen LogP contribution in [0.25, 0.3) is 0 Å². The van der Waals surface area contributed by atoms with E-state index in [4.69, 9.17) is 11.5 Å². The van der Waals surface area contributed by atoms with Gasteiger partial charge < -0.3 is 22.1 Å². The summed E-state index contributed by atoms with van der Waals surface area (Å²) < 4.78 is 13.7. The van der Waals surface area contributed by atoms with Gasteiger partial charge in [-0.1, -0.05) is 0 Å². The molecular formula is C12H15FN4O2. The Morgan fingerprint density at radius 2 is 2.21 bits per heavy atom. The van der Waals surface area contributed by atoms with Gasteiger partial charge in [0.2, 0.25) is 5.91 Å². The van der Waals surface area contributed by atoms with Crippen LogP contribution >= 0.6 is 0 Å². The minimum Gasteiger partial charge on any atom is -0.398 e. The van der Waals surface area contributed by atoms with Crippen LogP contribution in [0, 0.1) is 5.82 Å². The molecule has 1 fully saturated rings. The summed E-state index contributed by atoms with van der Waals surface area (Å²) in [7, 11) is 0. The number of hydrogen-bond donors (Lipinski definition) is 4. The highest BCUT2D eigenvalue weighted by Crippen LogP contribution is 2.23. The molecule has 0 aromatic heterocycles. The first-order valence-corrected chi connectivity index (χ1v) is 5.89. The van der Waals surface area contributed by atoms with Crippen LogP contribution in [0.5, 0.6) is 0 Å². The number of rotatable bonds is 3. The van der Waals surface area contributed by atoms with Crippen molar-refractivity contribution >= 4 is 23.2 Å². The number of hydrogen-bond acceptors (Lipinski definition) is 4. The summed E-state index contributed by atoms with van der Waals surface area (Å²) in [6.45, 7) is 0.411. The highest BCUT2D eigenvalue weighted by atomic mass is 19.1. The fourth-order valence-corrected chi connectivity index (χ4v) is 1.99. The van der Waals surface area contributed by atoms with Crippen molar-refractivity contribution in [3.05, 3.63) is 23.5 Å². The summed E-state index contributed by atoms with van der Waals surface area (Å²) in [5.74, 6) is -1.29. The van der Waals surface area contributed by atoms with Crippen LogP contribution in [-0.2, 0) is 4.79 Å². The molecule has 19 heavy (non-hydrogen) atoms. The Bertz CT molecular complexity index is 523. The van der Waals surface area contributed by atoms with Gasteiger partial charge in [-0.15, -0.1) is 0 Å². The number of halogens is 1. The smallest absolute Gasteiger partial charge is 0.250 e. The predicted molar refractivity (Wildman–Crippen MR) is 69.0 cm³/mol. The van der Waals surface area contributed by atoms with Crippen LogP contribution in [0.1, 0.15) is 23.2 Å². The van der Waals surface area contributed by atoms with Crippen LogP contribution in [0.2, 0.25) is 0 Å². The second kappa shape index (κ2) is 5.13. The number of amides is 2. The first kappa shape index (κ1) is 13.1. The summed E-state index contributed by atoms with van der Waals surface area (Å²) in [5.41, 5.74) is 10.9. The third kappa shape index (κ3) is 2.93. The fraction of sp³-hybridized carbons (Fsp3) is 0.333. The van der Waals surface area contributed by atoms with Gasteiger partial charge in [-0.25, -0.2) is 4.39 Å². The molecule has 1 aliphatic rings. The van der Waals surface area contributed by atoms with Crippen molar-refractivity contribution < 1.29 is 14.0 Å². The van der Waals surface area contributed by atoms with E-state index in [9.17, 15) is 14.0 Å². The molecule has 1 aromatic carbocycles. The van der Waals surface area contributed by atoms with E-state index in [1.54, 1.807) is 0 Å². The maximum Gasteiger partial charge on any atom is 0.250 e. The van der Waals surface area contributed by atoms with Crippen molar-refractivity contribution in [3.63, 3.8) is 0 Å². The van der Waals surface area contributed by atoms with Crippen LogP contribution in [0.3, 0.4) is 0 Å². The van der Waals surface area contributed by atoms with Crippen molar-refractivity contribution in [1.82, 2.24) is 5.32 Å². The van der Waals surface area contributed by atoms with Crippen LogP contribution < -0.4 is 22.1 Å². The maximum absolute atomic E-state index is 13.7. The molecule has 1 atom stereocenters. The Morgan fingerprint density at radius 1 is 1.47 bits per heavy atom. The minimum absolute atomic E-state index is 0.00694. The normalized spacial score (nSPS) is 18.8. The first-order valence-electron chi connectivity index (χ1n) is 5.89. The van der Waals surface area contributed by atoms with Crippen LogP contribution in [0.4, 0.5) is 15.8 Å². The third-order valence-corrected chi connectivity index (χ3v) is 3.03. The van der Waals surface area contributed by atoms with Crippen LogP contribution in [0.15, 0.2) is 12.1 Å². The van der Waals surface area contributed by atoms with Gasteiger partial charge in [0.25, 0.3) is 5.91 Å². The van der Waals surface area contributed by atoms with Gasteiger partial charge in [0.15, 0.2) is 0 Å². The Kier molecular flexibility index (Phi) is 3.55. The molecule has 1 saturated heterocycles. The van der Waals surface area contributed by atoms with Crippen molar-refractivity contribution in [3.8, 4) is 0 Å². The number of primary amides is 1. The molecule has 0 aliphatic carbocycles. The SMILES string of the molecule is NC(=O)c1cc(NC2CCC(=O)NC2)c(F)cc1N. The van der Waals surface area contributed by atoms with E-state index in [1.807, 2.05) is 0 Å². The molecule has 0 saturated carbocycles. The molecule has 7 heteroatoms. The average Bonchev–Trinajstić information content (AvgIpc) is 2.34. The topological polar surface area (TPSA) is 110 Å². The molecule has 2 amide bonds. The highest BCUT2D eigenvalue weighted by Gasteiger charge is 2.20. The zero-order valence-electron chi connectivity index (χ0n) is 10.2. The lowest BCUT2D eigenvalue weighted by Crippen LogP contribution is -2.42. The highest BCUT2D eigenvalue weighted by molar-refractivity contribution is 5.99. The number of nitrogens with one attached hydrogen (secondary N) is 2. The van der Waals surface area contributed by atoms with Crippen molar-refractivity contribution in [1.29, 1.82) is 0 Å². The second-order valence-corrected chi connectivity index (χ2v) is 4.47. The Hall–Kier alpha value is -2.31. The molecular weight excluding hydrogens is 251 g/mol. The van der Waals surface area contributed by atoms with Gasteiger partial charge in [-0.2, -0.15) is 0 Å². The lowest BCUT2D eigenvalue weighted by molar-refractivity contribution is -0.122. The molecule has 2 rings (SSSR count). The second-order valence-electron chi connectivity index (χ2n) is 4.47. The molecule has 6 N–H and O–H groups in total. The van der Waals surface area contributed by atoms with Crippen molar-refractivity contribution in [2.45, 2.75) is 18.9 Å². The van der Waals surface area contributed by atoms with E-state index in [0.717, 1.165) is 6.07 Å². The van der Waals surface area contributed by atoms with E-state index in [2.05, 4.69) is 10.6 Å². The lowest BCUT2D eigenvalue weighted by atomic mass is 10.1. The van der Waals surface area contributed by atoms with E-state index in [0.29, 0.717) is 19.4 Å². The molecule has 1 aliphatic heterocycles. The molecule has 102 valence electrons. The molecule has 1 unspecified atom stereocenters. The monoisotopic (exact) mass is 266 g/mol. The molecule has 1 aromatic rings. The van der Waals surface area contributed by atoms with E-state index >= 15 is 0 Å². The Morgan fingerprint density at radius 3 is 2.79 bits per heavy atom. The third-order valence-electron chi connectivity index (χ3n) is 3.03. The summed E-state index contributed by atoms with van der Waals surface area (Å²) in [6.07, 6.45) is 0.985.